The lowest BCUT2D eigenvalue weighted by atomic mass is 10.2. The van der Waals surface area contributed by atoms with Gasteiger partial charge >= 0.3 is 6.03 Å². The number of carbonyl (C=O) groups excluding carboxylic acids is 1. The highest BCUT2D eigenvalue weighted by molar-refractivity contribution is 5.87. The largest absolute Gasteiger partial charge is 0.463 e. The quantitative estimate of drug-likeness (QED) is 0.734. The van der Waals surface area contributed by atoms with Crippen LogP contribution >= 0.6 is 0 Å². The molecule has 3 aromatic rings. The van der Waals surface area contributed by atoms with Crippen molar-refractivity contribution in [3.8, 4) is 11.5 Å². The number of nitrogens with zero attached hydrogens (tertiary/aromatic N) is 2. The highest BCUT2D eigenvalue weighted by Crippen LogP contribution is 2.24. The van der Waals surface area contributed by atoms with E-state index in [4.69, 9.17) is 9.15 Å². The van der Waals surface area contributed by atoms with Crippen molar-refractivity contribution >= 4 is 23.2 Å². The molecule has 1 aliphatic heterocycles. The third-order valence-corrected chi connectivity index (χ3v) is 3.92. The van der Waals surface area contributed by atoms with E-state index >= 15 is 0 Å². The van der Waals surface area contributed by atoms with Gasteiger partial charge in [-0.2, -0.15) is 5.10 Å². The van der Waals surface area contributed by atoms with Crippen LogP contribution in [0.2, 0.25) is 0 Å². The van der Waals surface area contributed by atoms with Crippen LogP contribution in [-0.4, -0.2) is 30.3 Å². The predicted octanol–water partition coefficient (Wildman–Crippen LogP) is 2.94. The molecule has 0 unspecified atom stereocenters. The van der Waals surface area contributed by atoms with Gasteiger partial charge in [-0.15, -0.1) is 0 Å². The van der Waals surface area contributed by atoms with Crippen LogP contribution in [0.3, 0.4) is 0 Å². The summed E-state index contributed by atoms with van der Waals surface area (Å²) in [5.74, 6) is 1.27. The molecule has 2 amide bonds. The van der Waals surface area contributed by atoms with Crippen molar-refractivity contribution in [3.63, 3.8) is 0 Å². The highest BCUT2D eigenvalue weighted by Gasteiger charge is 2.18. The van der Waals surface area contributed by atoms with E-state index in [0.29, 0.717) is 35.6 Å². The van der Waals surface area contributed by atoms with E-state index in [0.717, 1.165) is 0 Å². The van der Waals surface area contributed by atoms with E-state index < -0.39 is 0 Å². The Morgan fingerprint density at radius 1 is 1.12 bits per heavy atom. The molecule has 1 aromatic heterocycles. The molecule has 26 heavy (non-hydrogen) atoms. The van der Waals surface area contributed by atoms with Crippen molar-refractivity contribution in [3.05, 3.63) is 70.6 Å². The summed E-state index contributed by atoms with van der Waals surface area (Å²) in [5, 5.41) is 8.34. The maximum atomic E-state index is 12.6. The van der Waals surface area contributed by atoms with Gasteiger partial charge in [0.2, 0.25) is 5.43 Å². The number of urea groups is 1. The lowest BCUT2D eigenvalue weighted by Gasteiger charge is -2.07. The second-order valence-corrected chi connectivity index (χ2v) is 5.69. The third kappa shape index (κ3) is 3.14. The number of hydrogen-bond acceptors (Lipinski definition) is 5. The van der Waals surface area contributed by atoms with Crippen LogP contribution in [-0.2, 0) is 0 Å². The maximum Gasteiger partial charge on any atom is 0.337 e. The van der Waals surface area contributed by atoms with Gasteiger partial charge in [0.25, 0.3) is 0 Å². The number of hydrazone groups is 1. The molecule has 0 atom stereocenters. The molecular weight excluding hydrogens is 334 g/mol. The number of hydrogen-bond donors (Lipinski definition) is 1. The van der Waals surface area contributed by atoms with Gasteiger partial charge < -0.3 is 14.5 Å². The molecule has 1 saturated heterocycles. The van der Waals surface area contributed by atoms with E-state index in [-0.39, 0.29) is 17.0 Å². The molecule has 0 radical (unpaired) electrons. The zero-order valence-corrected chi connectivity index (χ0v) is 13.7. The summed E-state index contributed by atoms with van der Waals surface area (Å²) >= 11 is 0. The molecule has 2 heterocycles. The van der Waals surface area contributed by atoms with Crippen LogP contribution in [0.25, 0.3) is 11.0 Å². The van der Waals surface area contributed by atoms with Crippen LogP contribution in [0.1, 0.15) is 5.56 Å². The number of amides is 2. The Morgan fingerprint density at radius 3 is 2.73 bits per heavy atom. The first-order chi connectivity index (χ1) is 12.7. The van der Waals surface area contributed by atoms with Crippen LogP contribution < -0.4 is 15.5 Å². The van der Waals surface area contributed by atoms with Crippen LogP contribution in [0, 0.1) is 0 Å². The number of fused-ring (bicyclic) bond motifs is 1. The molecule has 7 heteroatoms. The first-order valence-electron chi connectivity index (χ1n) is 8.08. The Hall–Kier alpha value is -3.61. The van der Waals surface area contributed by atoms with E-state index in [1.54, 1.807) is 18.2 Å². The Balaban J connectivity index is 1.62. The average molecular weight is 349 g/mol. The lowest BCUT2D eigenvalue weighted by Crippen LogP contribution is -2.23. The van der Waals surface area contributed by atoms with E-state index in [9.17, 15) is 9.59 Å². The van der Waals surface area contributed by atoms with Crippen molar-refractivity contribution in [2.75, 3.05) is 13.1 Å². The van der Waals surface area contributed by atoms with Crippen molar-refractivity contribution < 1.29 is 13.9 Å². The van der Waals surface area contributed by atoms with Crippen LogP contribution in [0.4, 0.5) is 4.79 Å². The minimum absolute atomic E-state index is 0.221. The number of para-hydroxylation sites is 1. The van der Waals surface area contributed by atoms with Gasteiger partial charge in [-0.3, -0.25) is 4.79 Å². The molecule has 0 aliphatic carbocycles. The summed E-state index contributed by atoms with van der Waals surface area (Å²) in [4.78, 5) is 24.0. The predicted molar refractivity (Wildman–Crippen MR) is 96.7 cm³/mol. The van der Waals surface area contributed by atoms with Gasteiger partial charge in [-0.1, -0.05) is 18.2 Å². The fourth-order valence-electron chi connectivity index (χ4n) is 2.60. The van der Waals surface area contributed by atoms with Gasteiger partial charge in [0, 0.05) is 12.6 Å². The summed E-state index contributed by atoms with van der Waals surface area (Å²) in [7, 11) is 0. The van der Waals surface area contributed by atoms with E-state index in [1.165, 1.54) is 17.5 Å². The summed E-state index contributed by atoms with van der Waals surface area (Å²) in [6, 6.07) is 14.1. The topological polar surface area (TPSA) is 84.1 Å². The zero-order chi connectivity index (χ0) is 17.9. The Kier molecular flexibility index (Phi) is 4.10. The zero-order valence-electron chi connectivity index (χ0n) is 13.7. The first kappa shape index (κ1) is 15.9. The molecule has 0 saturated carbocycles. The first-order valence-corrected chi connectivity index (χ1v) is 8.08. The second kappa shape index (κ2) is 6.72. The molecule has 2 aromatic carbocycles. The minimum atomic E-state index is -0.283. The Labute approximate surface area is 148 Å². The monoisotopic (exact) mass is 349 g/mol. The fraction of sp³-hybridized carbons (Fsp3) is 0.105. The fourth-order valence-corrected chi connectivity index (χ4v) is 2.60. The molecule has 130 valence electrons. The minimum Gasteiger partial charge on any atom is -0.463 e. The standard InChI is InChI=1S/C19H15N3O4/c23-18-13(11-21-22-9-8-20-19(22)24)12-25-17-10-15(6-7-16(17)18)26-14-4-2-1-3-5-14/h1-7,10-12H,8-9H2,(H,20,24). The highest BCUT2D eigenvalue weighted by atomic mass is 16.5. The van der Waals surface area contributed by atoms with Crippen molar-refractivity contribution in [1.29, 1.82) is 0 Å². The van der Waals surface area contributed by atoms with Crippen molar-refractivity contribution in [2.45, 2.75) is 0 Å². The smallest absolute Gasteiger partial charge is 0.337 e. The van der Waals surface area contributed by atoms with Crippen LogP contribution in [0.15, 0.2) is 69.1 Å². The number of rotatable bonds is 4. The molecule has 7 nitrogen and oxygen atoms in total. The van der Waals surface area contributed by atoms with Gasteiger partial charge in [0.15, 0.2) is 0 Å². The second-order valence-electron chi connectivity index (χ2n) is 5.69. The number of nitrogens with one attached hydrogen (secondary N) is 1. The summed E-state index contributed by atoms with van der Waals surface area (Å²) in [6.45, 7) is 1.00. The third-order valence-electron chi connectivity index (χ3n) is 3.92. The van der Waals surface area contributed by atoms with Gasteiger partial charge in [0.1, 0.15) is 23.3 Å². The molecule has 1 N–H and O–H groups in total. The summed E-state index contributed by atoms with van der Waals surface area (Å²) < 4.78 is 11.3. The molecule has 1 fully saturated rings. The summed E-state index contributed by atoms with van der Waals surface area (Å²) in [6.07, 6.45) is 2.67. The van der Waals surface area contributed by atoms with Gasteiger partial charge in [-0.25, -0.2) is 9.80 Å². The van der Waals surface area contributed by atoms with E-state index in [1.807, 2.05) is 30.3 Å². The molecule has 4 rings (SSSR count). The molecule has 1 aliphatic rings. The Bertz CT molecular complexity index is 1040. The normalized spacial score (nSPS) is 14.2. The molecular formula is C19H15N3O4. The summed E-state index contributed by atoms with van der Waals surface area (Å²) in [5.41, 5.74) is 0.467. The van der Waals surface area contributed by atoms with Gasteiger partial charge in [0.05, 0.1) is 23.7 Å². The van der Waals surface area contributed by atoms with Crippen LogP contribution in [0.5, 0.6) is 11.5 Å². The SMILES string of the molecule is O=C1NCCN1N=Cc1coc2cc(Oc3ccccc3)ccc2c1=O. The van der Waals surface area contributed by atoms with Crippen molar-refractivity contribution in [2.24, 2.45) is 5.10 Å². The van der Waals surface area contributed by atoms with E-state index in [2.05, 4.69) is 10.4 Å². The maximum absolute atomic E-state index is 12.6. The van der Waals surface area contributed by atoms with Gasteiger partial charge in [-0.05, 0) is 24.3 Å². The molecule has 0 spiro atoms. The molecule has 0 bridgehead atoms. The lowest BCUT2D eigenvalue weighted by molar-refractivity contribution is 0.219. The number of carbonyl (C=O) groups is 1. The van der Waals surface area contributed by atoms with Crippen molar-refractivity contribution in [1.82, 2.24) is 10.3 Å². The number of benzene rings is 2. The average Bonchev–Trinajstić information content (AvgIpc) is 3.07. The number of ether oxygens (including phenoxy) is 1. The Morgan fingerprint density at radius 2 is 1.96 bits per heavy atom.